The Morgan fingerprint density at radius 2 is 1.77 bits per heavy atom. The second kappa shape index (κ2) is 12.2. The summed E-state index contributed by atoms with van der Waals surface area (Å²) >= 11 is 0. The minimum absolute atomic E-state index is 0.0537. The van der Waals surface area contributed by atoms with E-state index in [0.29, 0.717) is 51.4 Å². The van der Waals surface area contributed by atoms with Gasteiger partial charge in [-0.1, -0.05) is 20.1 Å². The largest absolute Gasteiger partial charge is 0.456 e. The smallest absolute Gasteiger partial charge is 0.272 e. The van der Waals surface area contributed by atoms with E-state index in [2.05, 4.69) is 23.5 Å². The molecule has 8 nitrogen and oxygen atoms in total. The van der Waals surface area contributed by atoms with Crippen LogP contribution >= 0.6 is 0 Å². The van der Waals surface area contributed by atoms with Gasteiger partial charge in [0.1, 0.15) is 23.0 Å². The fourth-order valence-electron chi connectivity index (χ4n) is 4.08. The summed E-state index contributed by atoms with van der Waals surface area (Å²) in [7, 11) is -2.10. The van der Waals surface area contributed by atoms with Crippen molar-refractivity contribution in [2.24, 2.45) is 0 Å². The van der Waals surface area contributed by atoms with Crippen LogP contribution in [0, 0.1) is 26.6 Å². The van der Waals surface area contributed by atoms with E-state index in [1.807, 2.05) is 0 Å². The molecule has 3 rings (SSSR count). The molecule has 0 spiro atoms. The number of amides is 2. The van der Waals surface area contributed by atoms with Gasteiger partial charge in [-0.05, 0) is 74.4 Å². The van der Waals surface area contributed by atoms with Gasteiger partial charge in [-0.15, -0.1) is 0 Å². The molecule has 10 heteroatoms. The Kier molecular flexibility index (Phi) is 9.16. The summed E-state index contributed by atoms with van der Waals surface area (Å²) in [4.78, 5) is 28.8. The molecule has 0 unspecified atom stereocenters. The third-order valence-corrected chi connectivity index (χ3v) is 7.92. The van der Waals surface area contributed by atoms with Crippen LogP contribution in [0.15, 0.2) is 72.4 Å². The van der Waals surface area contributed by atoms with Crippen LogP contribution in [-0.2, 0) is 14.6 Å². The molecule has 0 bridgehead atoms. The van der Waals surface area contributed by atoms with E-state index in [9.17, 15) is 22.4 Å². The second-order valence-corrected chi connectivity index (χ2v) is 11.5. The highest BCUT2D eigenvalue weighted by Crippen LogP contribution is 2.39. The summed E-state index contributed by atoms with van der Waals surface area (Å²) in [5.74, 6) is -0.320. The van der Waals surface area contributed by atoms with Crippen molar-refractivity contribution in [3.63, 3.8) is 0 Å². The van der Waals surface area contributed by atoms with Crippen molar-refractivity contribution in [2.75, 3.05) is 12.8 Å². The predicted octanol–water partition coefficient (Wildman–Crippen LogP) is 5.57. The van der Waals surface area contributed by atoms with Gasteiger partial charge in [0.05, 0.1) is 10.6 Å². The number of nitrogens with zero attached hydrogens (tertiary/aromatic N) is 1. The molecule has 2 amide bonds. The monoisotopic (exact) mass is 565 g/mol. The lowest BCUT2D eigenvalue weighted by molar-refractivity contribution is -0.114. The van der Waals surface area contributed by atoms with Gasteiger partial charge in [0.15, 0.2) is 9.84 Å². The van der Waals surface area contributed by atoms with E-state index in [4.69, 9.17) is 4.74 Å². The number of benzene rings is 2. The van der Waals surface area contributed by atoms with Crippen LogP contribution in [0.3, 0.4) is 0 Å². The molecule has 0 saturated heterocycles. The van der Waals surface area contributed by atoms with Crippen molar-refractivity contribution >= 4 is 27.7 Å². The molecule has 0 saturated carbocycles. The Bertz CT molecular complexity index is 1610. The first-order valence-electron chi connectivity index (χ1n) is 12.3. The number of rotatable bonds is 11. The molecule has 210 valence electrons. The van der Waals surface area contributed by atoms with Gasteiger partial charge in [-0.3, -0.25) is 9.59 Å². The predicted molar refractivity (Wildman–Crippen MR) is 153 cm³/mol. The number of aromatic amines is 1. The first-order valence-corrected chi connectivity index (χ1v) is 14.0. The molecular formula is C30H32FN3O5S. The van der Waals surface area contributed by atoms with Crippen LogP contribution in [0.4, 0.5) is 4.39 Å². The van der Waals surface area contributed by atoms with Crippen molar-refractivity contribution in [3.05, 3.63) is 107 Å². The van der Waals surface area contributed by atoms with Gasteiger partial charge in [-0.25, -0.2) is 12.8 Å². The molecular weight excluding hydrogens is 533 g/mol. The van der Waals surface area contributed by atoms with E-state index in [1.54, 1.807) is 33.8 Å². The standard InChI is InChI=1S/C30H32FN3O5S/c1-8-20(5)32-30(36)27-15-24(21(6)33-27)26(16-34(7)17-35)25-14-23(40(37,38)9-2)10-11-28(25)39-29-18(3)12-22(31)13-19(29)4/h8,10-17,33H,1,5,9H2,2-4,6-7H3,(H,32,36)/b26-16+. The third kappa shape index (κ3) is 6.58. The number of allylic oxidation sites excluding steroid dienone is 1. The number of H-pyrrole nitrogens is 1. The average Bonchev–Trinajstić information content (AvgIpc) is 3.30. The van der Waals surface area contributed by atoms with Gasteiger partial charge in [0, 0.05) is 41.3 Å². The van der Waals surface area contributed by atoms with Crippen molar-refractivity contribution in [2.45, 2.75) is 32.6 Å². The molecule has 0 atom stereocenters. The number of hydrogen-bond donors (Lipinski definition) is 2. The number of halogens is 1. The molecule has 0 aliphatic rings. The van der Waals surface area contributed by atoms with Gasteiger partial charge in [-0.2, -0.15) is 0 Å². The molecule has 0 fully saturated rings. The lowest BCUT2D eigenvalue weighted by Gasteiger charge is -2.19. The highest BCUT2D eigenvalue weighted by Gasteiger charge is 2.23. The molecule has 40 heavy (non-hydrogen) atoms. The van der Waals surface area contributed by atoms with E-state index in [-0.39, 0.29) is 22.1 Å². The lowest BCUT2D eigenvalue weighted by Crippen LogP contribution is -2.21. The summed E-state index contributed by atoms with van der Waals surface area (Å²) in [5, 5.41) is 2.61. The first-order chi connectivity index (χ1) is 18.8. The molecule has 1 aromatic heterocycles. The molecule has 2 aromatic carbocycles. The van der Waals surface area contributed by atoms with Crippen LogP contribution in [0.25, 0.3) is 5.57 Å². The zero-order chi connectivity index (χ0) is 29.8. The number of hydrogen-bond acceptors (Lipinski definition) is 5. The van der Waals surface area contributed by atoms with E-state index < -0.39 is 21.6 Å². The number of nitrogens with one attached hydrogen (secondary N) is 2. The van der Waals surface area contributed by atoms with E-state index >= 15 is 0 Å². The summed E-state index contributed by atoms with van der Waals surface area (Å²) in [5.41, 5.74) is 3.46. The van der Waals surface area contributed by atoms with Crippen LogP contribution in [0.1, 0.15) is 45.4 Å². The van der Waals surface area contributed by atoms with Crippen molar-refractivity contribution in [1.82, 2.24) is 15.2 Å². The molecule has 1 heterocycles. The number of carbonyl (C=O) groups excluding carboxylic acids is 2. The fourth-order valence-corrected chi connectivity index (χ4v) is 4.99. The highest BCUT2D eigenvalue weighted by atomic mass is 32.2. The van der Waals surface area contributed by atoms with Gasteiger partial charge >= 0.3 is 0 Å². The number of sulfone groups is 1. The topological polar surface area (TPSA) is 109 Å². The molecule has 0 aliphatic carbocycles. The summed E-state index contributed by atoms with van der Waals surface area (Å²) in [6.07, 6.45) is 3.51. The van der Waals surface area contributed by atoms with Crippen molar-refractivity contribution in [3.8, 4) is 11.5 Å². The van der Waals surface area contributed by atoms with Gasteiger partial charge < -0.3 is 19.9 Å². The molecule has 3 aromatic rings. The van der Waals surface area contributed by atoms with E-state index in [1.165, 1.54) is 54.6 Å². The average molecular weight is 566 g/mol. The highest BCUT2D eigenvalue weighted by molar-refractivity contribution is 7.91. The Hall–Kier alpha value is -4.44. The molecule has 0 aliphatic heterocycles. The quantitative estimate of drug-likeness (QED) is 0.233. The maximum absolute atomic E-state index is 14.0. The summed E-state index contributed by atoms with van der Waals surface area (Å²) in [6, 6.07) is 8.71. The number of ether oxygens (including phenoxy) is 1. The van der Waals surface area contributed by atoms with Crippen LogP contribution in [-0.4, -0.2) is 43.4 Å². The zero-order valence-electron chi connectivity index (χ0n) is 23.1. The van der Waals surface area contributed by atoms with Gasteiger partial charge in [0.25, 0.3) is 5.91 Å². The SMILES string of the molecule is C=CC(=C)NC(=O)c1cc(/C(=C\N(C)C=O)c2cc(S(=O)(=O)CC)ccc2Oc2c(C)cc(F)cc2C)c(C)[nH]1. The lowest BCUT2D eigenvalue weighted by atomic mass is 9.97. The minimum Gasteiger partial charge on any atom is -0.456 e. The van der Waals surface area contributed by atoms with Crippen molar-refractivity contribution in [1.29, 1.82) is 0 Å². The zero-order valence-corrected chi connectivity index (χ0v) is 23.9. The van der Waals surface area contributed by atoms with Crippen LogP contribution in [0.5, 0.6) is 11.5 Å². The first kappa shape index (κ1) is 30.1. The number of aryl methyl sites for hydroxylation is 3. The van der Waals surface area contributed by atoms with Crippen LogP contribution < -0.4 is 10.1 Å². The maximum atomic E-state index is 14.0. The Morgan fingerprint density at radius 3 is 2.35 bits per heavy atom. The number of carbonyl (C=O) groups is 2. The Balaban J connectivity index is 2.30. The number of aromatic nitrogens is 1. The van der Waals surface area contributed by atoms with E-state index in [0.717, 1.165) is 0 Å². The van der Waals surface area contributed by atoms with Gasteiger partial charge in [0.2, 0.25) is 6.41 Å². The Morgan fingerprint density at radius 1 is 1.12 bits per heavy atom. The minimum atomic E-state index is -3.62. The van der Waals surface area contributed by atoms with Crippen molar-refractivity contribution < 1.29 is 27.1 Å². The second-order valence-electron chi connectivity index (χ2n) is 9.25. The normalized spacial score (nSPS) is 11.6. The molecule has 0 radical (unpaired) electrons. The summed E-state index contributed by atoms with van der Waals surface area (Å²) in [6.45, 7) is 14.0. The summed E-state index contributed by atoms with van der Waals surface area (Å²) < 4.78 is 46.0. The Labute approximate surface area is 233 Å². The fraction of sp³-hybridized carbons (Fsp3) is 0.200. The third-order valence-electron chi connectivity index (χ3n) is 6.19. The van der Waals surface area contributed by atoms with Crippen LogP contribution in [0.2, 0.25) is 0 Å². The maximum Gasteiger partial charge on any atom is 0.272 e. The molecule has 2 N–H and O–H groups in total.